The fourth-order valence-corrected chi connectivity index (χ4v) is 3.96. The van der Waals surface area contributed by atoms with Gasteiger partial charge in [0.1, 0.15) is 0 Å². The van der Waals surface area contributed by atoms with Crippen LogP contribution in [0.5, 0.6) is 0 Å². The van der Waals surface area contributed by atoms with Crippen molar-refractivity contribution in [2.75, 3.05) is 6.54 Å². The van der Waals surface area contributed by atoms with E-state index in [0.29, 0.717) is 6.04 Å². The summed E-state index contributed by atoms with van der Waals surface area (Å²) in [6, 6.07) is 4.78. The lowest BCUT2D eigenvalue weighted by molar-refractivity contribution is 0.644. The molecule has 0 spiro atoms. The van der Waals surface area contributed by atoms with Crippen LogP contribution in [-0.2, 0) is 0 Å². The van der Waals surface area contributed by atoms with E-state index in [0.717, 1.165) is 6.54 Å². The fourth-order valence-electron chi connectivity index (χ4n) is 1.87. The van der Waals surface area contributed by atoms with Crippen LogP contribution >= 0.6 is 22.7 Å². The third-order valence-corrected chi connectivity index (χ3v) is 4.90. The molecule has 0 amide bonds. The van der Waals surface area contributed by atoms with E-state index in [-0.39, 0.29) is 0 Å². The van der Waals surface area contributed by atoms with Crippen LogP contribution in [0.25, 0.3) is 0 Å². The molecular weight excluding hydrogens is 234 g/mol. The van der Waals surface area contributed by atoms with Crippen molar-refractivity contribution >= 4 is 22.7 Å². The van der Waals surface area contributed by atoms with Crippen LogP contribution in [0.2, 0.25) is 0 Å². The van der Waals surface area contributed by atoms with Gasteiger partial charge in [0.25, 0.3) is 0 Å². The first-order valence-electron chi connectivity index (χ1n) is 5.55. The lowest BCUT2D eigenvalue weighted by Gasteiger charge is -2.17. The SMILES string of the molecule is CCNC(c1sccc1C)c1sccc1C. The third-order valence-electron chi connectivity index (χ3n) is 2.74. The van der Waals surface area contributed by atoms with Crippen molar-refractivity contribution in [3.05, 3.63) is 43.8 Å². The fraction of sp³-hybridized carbons (Fsp3) is 0.385. The molecule has 0 unspecified atom stereocenters. The average molecular weight is 251 g/mol. The van der Waals surface area contributed by atoms with E-state index in [9.17, 15) is 0 Å². The molecule has 2 heterocycles. The Morgan fingerprint density at radius 1 is 1.06 bits per heavy atom. The summed E-state index contributed by atoms with van der Waals surface area (Å²) in [6.45, 7) is 7.55. The van der Waals surface area contributed by atoms with Gasteiger partial charge in [-0.3, -0.25) is 0 Å². The molecule has 0 bridgehead atoms. The highest BCUT2D eigenvalue weighted by molar-refractivity contribution is 7.11. The molecular formula is C13H17NS2. The van der Waals surface area contributed by atoms with Gasteiger partial charge in [-0.25, -0.2) is 0 Å². The number of nitrogens with one attached hydrogen (secondary N) is 1. The van der Waals surface area contributed by atoms with Gasteiger partial charge in [-0.15, -0.1) is 22.7 Å². The lowest BCUT2D eigenvalue weighted by atomic mass is 10.1. The van der Waals surface area contributed by atoms with Gasteiger partial charge in [-0.05, 0) is 54.4 Å². The first-order valence-corrected chi connectivity index (χ1v) is 7.31. The molecule has 2 aromatic rings. The second kappa shape index (κ2) is 5.13. The Kier molecular flexibility index (Phi) is 3.79. The maximum atomic E-state index is 3.59. The highest BCUT2D eigenvalue weighted by Gasteiger charge is 2.19. The van der Waals surface area contributed by atoms with Crippen LogP contribution in [0.1, 0.15) is 33.8 Å². The van der Waals surface area contributed by atoms with Gasteiger partial charge < -0.3 is 5.32 Å². The molecule has 0 saturated heterocycles. The van der Waals surface area contributed by atoms with Crippen LogP contribution < -0.4 is 5.32 Å². The molecule has 1 nitrogen and oxygen atoms in total. The van der Waals surface area contributed by atoms with E-state index in [4.69, 9.17) is 0 Å². The van der Waals surface area contributed by atoms with Gasteiger partial charge in [-0.2, -0.15) is 0 Å². The minimum atomic E-state index is 0.380. The second-order valence-corrected chi connectivity index (χ2v) is 5.82. The summed E-state index contributed by atoms with van der Waals surface area (Å²) < 4.78 is 0. The smallest absolute Gasteiger partial charge is 0.0770 e. The monoisotopic (exact) mass is 251 g/mol. The zero-order valence-electron chi connectivity index (χ0n) is 9.91. The summed E-state index contributed by atoms with van der Waals surface area (Å²) in [5.41, 5.74) is 2.78. The quantitative estimate of drug-likeness (QED) is 0.861. The molecule has 0 fully saturated rings. The minimum absolute atomic E-state index is 0.380. The van der Waals surface area contributed by atoms with E-state index >= 15 is 0 Å². The highest BCUT2D eigenvalue weighted by Crippen LogP contribution is 2.33. The molecule has 0 saturated carbocycles. The van der Waals surface area contributed by atoms with Crippen molar-refractivity contribution in [2.45, 2.75) is 26.8 Å². The summed E-state index contributed by atoms with van der Waals surface area (Å²) in [6.07, 6.45) is 0. The van der Waals surface area contributed by atoms with Crippen LogP contribution in [0.4, 0.5) is 0 Å². The van der Waals surface area contributed by atoms with Crippen LogP contribution in [0.15, 0.2) is 22.9 Å². The van der Waals surface area contributed by atoms with Crippen LogP contribution in [0.3, 0.4) is 0 Å². The van der Waals surface area contributed by atoms with Crippen molar-refractivity contribution in [1.29, 1.82) is 0 Å². The molecule has 3 heteroatoms. The summed E-state index contributed by atoms with van der Waals surface area (Å²) in [4.78, 5) is 2.90. The van der Waals surface area contributed by atoms with Crippen molar-refractivity contribution in [2.24, 2.45) is 0 Å². The summed E-state index contributed by atoms with van der Waals surface area (Å²) in [5.74, 6) is 0. The van der Waals surface area contributed by atoms with Crippen molar-refractivity contribution in [3.8, 4) is 0 Å². The van der Waals surface area contributed by atoms with Gasteiger partial charge in [0, 0.05) is 9.75 Å². The first-order chi connectivity index (χ1) is 7.74. The Hall–Kier alpha value is -0.640. The number of hydrogen-bond acceptors (Lipinski definition) is 3. The Bertz CT molecular complexity index is 416. The molecule has 0 aromatic carbocycles. The predicted molar refractivity (Wildman–Crippen MR) is 73.6 cm³/mol. The van der Waals surface area contributed by atoms with Crippen molar-refractivity contribution in [3.63, 3.8) is 0 Å². The van der Waals surface area contributed by atoms with E-state index in [2.05, 4.69) is 49.0 Å². The summed E-state index contributed by atoms with van der Waals surface area (Å²) in [5, 5.41) is 7.95. The lowest BCUT2D eigenvalue weighted by Crippen LogP contribution is -2.21. The van der Waals surface area contributed by atoms with Crippen LogP contribution in [0, 0.1) is 13.8 Å². The number of aryl methyl sites for hydroxylation is 2. The molecule has 0 aliphatic rings. The van der Waals surface area contributed by atoms with Crippen LogP contribution in [-0.4, -0.2) is 6.54 Å². The maximum absolute atomic E-state index is 3.59. The predicted octanol–water partition coefficient (Wildman–Crippen LogP) is 4.13. The number of hydrogen-bond donors (Lipinski definition) is 1. The molecule has 86 valence electrons. The molecule has 1 N–H and O–H groups in total. The normalized spacial score (nSPS) is 11.2. The standard InChI is InChI=1S/C13H17NS2/c1-4-14-11(12-9(2)5-7-15-12)13-10(3)6-8-16-13/h5-8,11,14H,4H2,1-3H3. The van der Waals surface area contributed by atoms with Crippen molar-refractivity contribution in [1.82, 2.24) is 5.32 Å². The summed E-state index contributed by atoms with van der Waals surface area (Å²) >= 11 is 3.70. The molecule has 0 aliphatic carbocycles. The third kappa shape index (κ3) is 2.21. The minimum Gasteiger partial charge on any atom is -0.305 e. The van der Waals surface area contributed by atoms with Gasteiger partial charge in [0.2, 0.25) is 0 Å². The molecule has 0 aliphatic heterocycles. The Morgan fingerprint density at radius 2 is 1.56 bits per heavy atom. The number of rotatable bonds is 4. The average Bonchev–Trinajstić information content (AvgIpc) is 2.84. The van der Waals surface area contributed by atoms with E-state index < -0.39 is 0 Å². The molecule has 2 rings (SSSR count). The maximum Gasteiger partial charge on any atom is 0.0770 e. The zero-order valence-corrected chi connectivity index (χ0v) is 11.5. The van der Waals surface area contributed by atoms with Gasteiger partial charge in [0.05, 0.1) is 6.04 Å². The largest absolute Gasteiger partial charge is 0.305 e. The van der Waals surface area contributed by atoms with E-state index in [1.165, 1.54) is 20.9 Å². The Morgan fingerprint density at radius 3 is 1.88 bits per heavy atom. The van der Waals surface area contributed by atoms with Gasteiger partial charge in [0.15, 0.2) is 0 Å². The topological polar surface area (TPSA) is 12.0 Å². The molecule has 16 heavy (non-hydrogen) atoms. The summed E-state index contributed by atoms with van der Waals surface area (Å²) in [7, 11) is 0. The zero-order chi connectivity index (χ0) is 11.5. The van der Waals surface area contributed by atoms with Gasteiger partial charge in [-0.1, -0.05) is 6.92 Å². The Balaban J connectivity index is 2.39. The molecule has 0 atom stereocenters. The van der Waals surface area contributed by atoms with E-state index in [1.807, 2.05) is 22.7 Å². The molecule has 0 radical (unpaired) electrons. The first kappa shape index (κ1) is 11.8. The highest BCUT2D eigenvalue weighted by atomic mass is 32.1. The Labute approximate surface area is 105 Å². The number of thiophene rings is 2. The van der Waals surface area contributed by atoms with Gasteiger partial charge >= 0.3 is 0 Å². The molecule has 2 aromatic heterocycles. The van der Waals surface area contributed by atoms with E-state index in [1.54, 1.807) is 0 Å². The second-order valence-electron chi connectivity index (χ2n) is 3.93. The van der Waals surface area contributed by atoms with Crippen molar-refractivity contribution < 1.29 is 0 Å².